The first kappa shape index (κ1) is 12.7. The Labute approximate surface area is 107 Å². The maximum absolute atomic E-state index is 12.5. The van der Waals surface area contributed by atoms with Crippen LogP contribution in [0.3, 0.4) is 0 Å². The fraction of sp³-hybridized carbons (Fsp3) is 0.462. The molecule has 1 aromatic rings. The Balaban J connectivity index is 2.30. The van der Waals surface area contributed by atoms with Crippen LogP contribution >= 0.6 is 0 Å². The molecule has 5 heteroatoms. The molecule has 0 bridgehead atoms. The number of amides is 1. The van der Waals surface area contributed by atoms with E-state index >= 15 is 0 Å². The lowest BCUT2D eigenvalue weighted by molar-refractivity contribution is 0.0678. The lowest BCUT2D eigenvalue weighted by atomic mass is 10.1. The molecule has 2 rings (SSSR count). The average molecular weight is 249 g/mol. The van der Waals surface area contributed by atoms with Crippen molar-refractivity contribution in [2.24, 2.45) is 0 Å². The third-order valence-electron chi connectivity index (χ3n) is 3.39. The van der Waals surface area contributed by atoms with Crippen LogP contribution in [-0.2, 0) is 0 Å². The van der Waals surface area contributed by atoms with Gasteiger partial charge in [0.05, 0.1) is 18.2 Å². The quantitative estimate of drug-likeness (QED) is 0.696. The van der Waals surface area contributed by atoms with Crippen molar-refractivity contribution in [3.63, 3.8) is 0 Å². The Bertz CT molecular complexity index is 448. The molecule has 1 aliphatic heterocycles. The van der Waals surface area contributed by atoms with Crippen LogP contribution in [0.1, 0.15) is 23.2 Å². The molecule has 1 fully saturated rings. The summed E-state index contributed by atoms with van der Waals surface area (Å²) in [4.78, 5) is 14.2. The fourth-order valence-electron chi connectivity index (χ4n) is 2.40. The summed E-state index contributed by atoms with van der Waals surface area (Å²) in [6.07, 6.45) is 1.80. The van der Waals surface area contributed by atoms with Crippen LogP contribution in [0.15, 0.2) is 18.2 Å². The second-order valence-corrected chi connectivity index (χ2v) is 4.53. The molecule has 18 heavy (non-hydrogen) atoms. The first-order valence-corrected chi connectivity index (χ1v) is 6.16. The van der Waals surface area contributed by atoms with E-state index in [1.165, 1.54) is 0 Å². The number of aliphatic hydroxyl groups excluding tert-OH is 1. The first-order chi connectivity index (χ1) is 8.67. The number of nitrogens with two attached hydrogens (primary N) is 1. The zero-order valence-corrected chi connectivity index (χ0v) is 10.5. The number of aliphatic hydroxyl groups is 1. The molecule has 0 radical (unpaired) electrons. The van der Waals surface area contributed by atoms with Crippen molar-refractivity contribution in [3.05, 3.63) is 23.8 Å². The maximum Gasteiger partial charge on any atom is 0.256 e. The molecule has 1 amide bonds. The van der Waals surface area contributed by atoms with Crippen molar-refractivity contribution in [2.45, 2.75) is 18.9 Å². The average Bonchev–Trinajstić information content (AvgIpc) is 2.86. The monoisotopic (exact) mass is 249 g/mol. The molecule has 1 aromatic carbocycles. The van der Waals surface area contributed by atoms with Crippen molar-refractivity contribution >= 4 is 17.3 Å². The highest BCUT2D eigenvalue weighted by Gasteiger charge is 2.29. The van der Waals surface area contributed by atoms with E-state index in [0.29, 0.717) is 17.8 Å². The number of nitrogen functional groups attached to an aromatic ring is 1. The molecule has 1 saturated heterocycles. The number of carbonyl (C=O) groups excluding carboxylic acids is 1. The van der Waals surface area contributed by atoms with E-state index < -0.39 is 0 Å². The van der Waals surface area contributed by atoms with Crippen molar-refractivity contribution < 1.29 is 9.90 Å². The van der Waals surface area contributed by atoms with Crippen LogP contribution in [-0.4, -0.2) is 42.2 Å². The molecular weight excluding hydrogens is 230 g/mol. The van der Waals surface area contributed by atoms with E-state index in [1.807, 2.05) is 0 Å². The van der Waals surface area contributed by atoms with Gasteiger partial charge in [0.1, 0.15) is 0 Å². The Hall–Kier alpha value is -1.75. The number of hydrogen-bond donors (Lipinski definition) is 3. The highest BCUT2D eigenvalue weighted by Crippen LogP contribution is 2.25. The van der Waals surface area contributed by atoms with Gasteiger partial charge < -0.3 is 21.1 Å². The summed E-state index contributed by atoms with van der Waals surface area (Å²) < 4.78 is 0. The van der Waals surface area contributed by atoms with Crippen molar-refractivity contribution in [3.8, 4) is 0 Å². The number of hydrogen-bond acceptors (Lipinski definition) is 4. The highest BCUT2D eigenvalue weighted by atomic mass is 16.3. The normalized spacial score (nSPS) is 19.0. The lowest BCUT2D eigenvalue weighted by Gasteiger charge is -2.24. The van der Waals surface area contributed by atoms with Crippen LogP contribution < -0.4 is 11.1 Å². The number of anilines is 2. The van der Waals surface area contributed by atoms with E-state index in [9.17, 15) is 9.90 Å². The molecule has 0 aliphatic carbocycles. The predicted molar refractivity (Wildman–Crippen MR) is 71.5 cm³/mol. The van der Waals surface area contributed by atoms with Gasteiger partial charge in [-0.05, 0) is 31.0 Å². The molecule has 0 spiro atoms. The van der Waals surface area contributed by atoms with Gasteiger partial charge >= 0.3 is 0 Å². The maximum atomic E-state index is 12.5. The van der Waals surface area contributed by atoms with Crippen LogP contribution in [0.2, 0.25) is 0 Å². The summed E-state index contributed by atoms with van der Waals surface area (Å²) >= 11 is 0. The number of rotatable bonds is 3. The summed E-state index contributed by atoms with van der Waals surface area (Å²) in [5, 5.41) is 12.3. The smallest absolute Gasteiger partial charge is 0.256 e. The molecule has 1 heterocycles. The number of carbonyl (C=O) groups is 1. The minimum Gasteiger partial charge on any atom is -0.399 e. The van der Waals surface area contributed by atoms with Crippen LogP contribution in [0.4, 0.5) is 11.4 Å². The highest BCUT2D eigenvalue weighted by molar-refractivity contribution is 6.00. The molecule has 4 N–H and O–H groups in total. The Kier molecular flexibility index (Phi) is 3.72. The molecule has 0 saturated carbocycles. The third kappa shape index (κ3) is 2.26. The SMILES string of the molecule is CNc1ccc(N)cc1C(=O)N1CCCC1CO. The minimum absolute atomic E-state index is 0.0168. The molecular formula is C13H19N3O2. The summed E-state index contributed by atoms with van der Waals surface area (Å²) in [5.74, 6) is -0.0665. The van der Waals surface area contributed by atoms with Crippen LogP contribution in [0, 0.1) is 0 Å². The van der Waals surface area contributed by atoms with Gasteiger partial charge in [-0.3, -0.25) is 4.79 Å². The molecule has 1 atom stereocenters. The van der Waals surface area contributed by atoms with E-state index in [-0.39, 0.29) is 18.6 Å². The van der Waals surface area contributed by atoms with E-state index in [1.54, 1.807) is 30.1 Å². The van der Waals surface area contributed by atoms with Crippen LogP contribution in [0.5, 0.6) is 0 Å². The third-order valence-corrected chi connectivity index (χ3v) is 3.39. The molecule has 1 unspecified atom stereocenters. The van der Waals surface area contributed by atoms with Gasteiger partial charge in [-0.25, -0.2) is 0 Å². The summed E-state index contributed by atoms with van der Waals surface area (Å²) in [6.45, 7) is 0.713. The number of likely N-dealkylation sites (tertiary alicyclic amines) is 1. The second kappa shape index (κ2) is 5.27. The Morgan fingerprint density at radius 2 is 2.39 bits per heavy atom. The van der Waals surface area contributed by atoms with Gasteiger partial charge in [0.15, 0.2) is 0 Å². The number of nitrogens with zero attached hydrogens (tertiary/aromatic N) is 1. The van der Waals surface area contributed by atoms with Gasteiger partial charge in [-0.2, -0.15) is 0 Å². The summed E-state index contributed by atoms with van der Waals surface area (Å²) in [7, 11) is 1.77. The fourth-order valence-corrected chi connectivity index (χ4v) is 2.40. The van der Waals surface area contributed by atoms with Crippen molar-refractivity contribution in [1.29, 1.82) is 0 Å². The largest absolute Gasteiger partial charge is 0.399 e. The van der Waals surface area contributed by atoms with Gasteiger partial charge in [0.2, 0.25) is 0 Å². The zero-order chi connectivity index (χ0) is 13.1. The van der Waals surface area contributed by atoms with E-state index in [4.69, 9.17) is 5.73 Å². The van der Waals surface area contributed by atoms with Crippen LogP contribution in [0.25, 0.3) is 0 Å². The Morgan fingerprint density at radius 3 is 3.06 bits per heavy atom. The summed E-state index contributed by atoms with van der Waals surface area (Å²) in [5.41, 5.74) is 7.63. The van der Waals surface area contributed by atoms with Crippen molar-refractivity contribution in [2.75, 3.05) is 31.2 Å². The molecule has 98 valence electrons. The van der Waals surface area contributed by atoms with Gasteiger partial charge in [-0.1, -0.05) is 0 Å². The minimum atomic E-state index is -0.0665. The standard InChI is InChI=1S/C13H19N3O2/c1-15-12-5-4-9(14)7-11(12)13(18)16-6-2-3-10(16)8-17/h4-5,7,10,15,17H,2-3,6,8,14H2,1H3. The van der Waals surface area contributed by atoms with Crippen molar-refractivity contribution in [1.82, 2.24) is 4.90 Å². The van der Waals surface area contributed by atoms with E-state index in [0.717, 1.165) is 18.5 Å². The zero-order valence-electron chi connectivity index (χ0n) is 10.5. The summed E-state index contributed by atoms with van der Waals surface area (Å²) in [6, 6.07) is 5.17. The van der Waals surface area contributed by atoms with Gasteiger partial charge in [0.25, 0.3) is 5.91 Å². The van der Waals surface area contributed by atoms with Gasteiger partial charge in [-0.15, -0.1) is 0 Å². The van der Waals surface area contributed by atoms with Gasteiger partial charge in [0, 0.05) is 25.0 Å². The Morgan fingerprint density at radius 1 is 1.61 bits per heavy atom. The molecule has 1 aliphatic rings. The topological polar surface area (TPSA) is 78.6 Å². The molecule has 0 aromatic heterocycles. The number of nitrogens with one attached hydrogen (secondary N) is 1. The molecule has 5 nitrogen and oxygen atoms in total. The van der Waals surface area contributed by atoms with E-state index in [2.05, 4.69) is 5.32 Å². The lowest BCUT2D eigenvalue weighted by Crippen LogP contribution is -2.37. The predicted octanol–water partition coefficient (Wildman–Crippen LogP) is 0.907. The number of benzene rings is 1. The second-order valence-electron chi connectivity index (χ2n) is 4.53. The first-order valence-electron chi connectivity index (χ1n) is 6.16.